The fourth-order valence-corrected chi connectivity index (χ4v) is 7.02. The molecular weight excluding hydrogens is 751 g/mol. The molecule has 2 amide bonds. The van der Waals surface area contributed by atoms with Crippen molar-refractivity contribution < 1.29 is 27.5 Å². The average Bonchev–Trinajstić information content (AvgIpc) is 3.95. The molecule has 292 valence electrons. The molecule has 0 bridgehead atoms. The van der Waals surface area contributed by atoms with Gasteiger partial charge >= 0.3 is 6.18 Å². The number of rotatable bonds is 11. The van der Waals surface area contributed by atoms with Crippen LogP contribution in [0.4, 0.5) is 24.5 Å². The van der Waals surface area contributed by atoms with E-state index >= 15 is 0 Å². The van der Waals surface area contributed by atoms with Crippen LogP contribution in [0.15, 0.2) is 65.2 Å². The van der Waals surface area contributed by atoms with Gasteiger partial charge < -0.3 is 24.4 Å². The van der Waals surface area contributed by atoms with Crippen LogP contribution in [0.3, 0.4) is 0 Å². The fourth-order valence-electron chi connectivity index (χ4n) is 6.79. The highest BCUT2D eigenvalue weighted by Gasteiger charge is 2.33. The van der Waals surface area contributed by atoms with Crippen LogP contribution >= 0.6 is 11.6 Å². The van der Waals surface area contributed by atoms with Gasteiger partial charge in [0.05, 0.1) is 27.7 Å². The number of aryl methyl sites for hydroxylation is 1. The number of carbonyl (C=O) groups excluding carboxylic acids is 2. The maximum absolute atomic E-state index is 14.3. The summed E-state index contributed by atoms with van der Waals surface area (Å²) in [7, 11) is 0. The average molecular weight is 790 g/mol. The van der Waals surface area contributed by atoms with E-state index in [4.69, 9.17) is 16.3 Å². The first-order valence-corrected chi connectivity index (χ1v) is 18.6. The fraction of sp³-hybridized carbons (Fsp3) is 0.359. The number of hydrogen-bond acceptors (Lipinski definition) is 9. The molecule has 3 aromatic heterocycles. The van der Waals surface area contributed by atoms with Crippen LogP contribution in [0.1, 0.15) is 65.5 Å². The second-order valence-corrected chi connectivity index (χ2v) is 14.2. The van der Waals surface area contributed by atoms with Crippen LogP contribution in [0.2, 0.25) is 5.02 Å². The van der Waals surface area contributed by atoms with Crippen molar-refractivity contribution in [3.8, 4) is 5.75 Å². The second kappa shape index (κ2) is 15.8. The molecule has 1 aliphatic carbocycles. The van der Waals surface area contributed by atoms with E-state index in [9.17, 15) is 27.6 Å². The SMILES string of the molecule is CCc1c(N2CCN(C(=O)c3ncnc(C)c3OCc3ccccc3)CC2)c(=O)n2nc(/C=C(\C)C3CC3)nc2n1CC(=O)Nc1ccc(C(F)(F)F)cc1Cl. The molecule has 2 aliphatic rings. The van der Waals surface area contributed by atoms with E-state index in [-0.39, 0.29) is 67.4 Å². The van der Waals surface area contributed by atoms with E-state index in [1.165, 1.54) is 10.8 Å². The molecule has 1 saturated carbocycles. The van der Waals surface area contributed by atoms with Gasteiger partial charge in [0.25, 0.3) is 11.5 Å². The molecule has 56 heavy (non-hydrogen) atoms. The molecule has 1 N–H and O–H groups in total. The molecule has 2 aromatic carbocycles. The van der Waals surface area contributed by atoms with Gasteiger partial charge in [-0.25, -0.2) is 9.97 Å². The number of ether oxygens (including phenoxy) is 1. The van der Waals surface area contributed by atoms with E-state index in [0.29, 0.717) is 41.0 Å². The summed E-state index contributed by atoms with van der Waals surface area (Å²) in [4.78, 5) is 58.5. The first-order chi connectivity index (χ1) is 26.8. The highest BCUT2D eigenvalue weighted by Crippen LogP contribution is 2.37. The number of alkyl halides is 3. The van der Waals surface area contributed by atoms with Gasteiger partial charge in [-0.2, -0.15) is 22.7 Å². The van der Waals surface area contributed by atoms with Crippen LogP contribution in [-0.4, -0.2) is 72.0 Å². The lowest BCUT2D eigenvalue weighted by molar-refractivity contribution is -0.137. The summed E-state index contributed by atoms with van der Waals surface area (Å²) in [5.41, 5.74) is 2.10. The molecule has 0 spiro atoms. The molecule has 1 aliphatic heterocycles. The lowest BCUT2D eigenvalue weighted by Crippen LogP contribution is -2.51. The Bertz CT molecular complexity index is 2390. The van der Waals surface area contributed by atoms with Gasteiger partial charge in [0.2, 0.25) is 11.7 Å². The van der Waals surface area contributed by atoms with Gasteiger partial charge in [-0.3, -0.25) is 14.4 Å². The minimum Gasteiger partial charge on any atom is -0.485 e. The predicted molar refractivity (Wildman–Crippen MR) is 204 cm³/mol. The van der Waals surface area contributed by atoms with E-state index in [2.05, 4.69) is 25.4 Å². The quantitative estimate of drug-likeness (QED) is 0.165. The van der Waals surface area contributed by atoms with Crippen LogP contribution in [0, 0.1) is 12.8 Å². The van der Waals surface area contributed by atoms with Gasteiger partial charge in [-0.05, 0) is 68.9 Å². The molecule has 0 unspecified atom stereocenters. The van der Waals surface area contributed by atoms with E-state index in [0.717, 1.165) is 42.2 Å². The van der Waals surface area contributed by atoms with Gasteiger partial charge in [-0.15, -0.1) is 5.10 Å². The number of amides is 2. The molecule has 17 heteroatoms. The summed E-state index contributed by atoms with van der Waals surface area (Å²) in [6.45, 7) is 6.52. The Balaban J connectivity index is 1.17. The Morgan fingerprint density at radius 1 is 1.05 bits per heavy atom. The molecule has 7 rings (SSSR count). The van der Waals surface area contributed by atoms with Crippen molar-refractivity contribution >= 4 is 46.6 Å². The van der Waals surface area contributed by atoms with Gasteiger partial charge in [0.15, 0.2) is 17.3 Å². The Hall–Kier alpha value is -5.77. The van der Waals surface area contributed by atoms with Gasteiger partial charge in [0, 0.05) is 26.2 Å². The molecule has 13 nitrogen and oxygen atoms in total. The Morgan fingerprint density at radius 2 is 1.79 bits per heavy atom. The molecule has 0 radical (unpaired) electrons. The first kappa shape index (κ1) is 38.5. The standard InChI is InChI=1S/C39H39ClF3N9O4/c1-4-30-34(49-14-16-50(17-15-49)36(54)33-35(24(3)44-22-45-33)56-21-25-8-6-5-7-9-25)37(55)52-38(47-31(48-52)18-23(2)26-10-11-26)51(30)20-32(53)46-29-13-12-27(19-28(29)40)39(41,42)43/h5-9,12-13,18-19,22,26H,4,10-11,14-17,20-21H2,1-3H3,(H,46,53)/b23-18+. The first-order valence-electron chi connectivity index (χ1n) is 18.2. The third-order valence-electron chi connectivity index (χ3n) is 9.92. The molecule has 5 aromatic rings. The number of allylic oxidation sites excluding steroid dienone is 1. The number of nitrogens with zero attached hydrogens (tertiary/aromatic N) is 8. The zero-order valence-corrected chi connectivity index (χ0v) is 31.7. The minimum atomic E-state index is -4.61. The summed E-state index contributed by atoms with van der Waals surface area (Å²) in [5, 5.41) is 6.88. The van der Waals surface area contributed by atoms with Crippen molar-refractivity contribution in [2.75, 3.05) is 36.4 Å². The van der Waals surface area contributed by atoms with Crippen molar-refractivity contribution in [3.63, 3.8) is 0 Å². The van der Waals surface area contributed by atoms with E-state index in [1.54, 1.807) is 16.4 Å². The van der Waals surface area contributed by atoms with Gasteiger partial charge in [0.1, 0.15) is 25.2 Å². The number of aromatic nitrogens is 6. The largest absolute Gasteiger partial charge is 0.485 e. The Kier molecular flexibility index (Phi) is 10.8. The number of piperazine rings is 1. The highest BCUT2D eigenvalue weighted by molar-refractivity contribution is 6.33. The normalized spacial score (nSPS) is 15.0. The third kappa shape index (κ3) is 8.10. The lowest BCUT2D eigenvalue weighted by atomic mass is 10.2. The van der Waals surface area contributed by atoms with Crippen molar-refractivity contribution in [2.24, 2.45) is 5.92 Å². The summed E-state index contributed by atoms with van der Waals surface area (Å²) < 4.78 is 48.6. The lowest BCUT2D eigenvalue weighted by Gasteiger charge is -2.36. The topological polar surface area (TPSA) is 140 Å². The predicted octanol–water partition coefficient (Wildman–Crippen LogP) is 6.22. The van der Waals surface area contributed by atoms with Crippen LogP contribution < -0.4 is 20.5 Å². The second-order valence-electron chi connectivity index (χ2n) is 13.8. The molecular formula is C39H39ClF3N9O4. The van der Waals surface area contributed by atoms with Crippen molar-refractivity contribution in [1.29, 1.82) is 0 Å². The van der Waals surface area contributed by atoms with Crippen LogP contribution in [0.25, 0.3) is 11.9 Å². The molecule has 4 heterocycles. The smallest absolute Gasteiger partial charge is 0.416 e. The number of nitrogens with one attached hydrogen (secondary N) is 1. The number of fused-ring (bicyclic) bond motifs is 1. The summed E-state index contributed by atoms with van der Waals surface area (Å²) >= 11 is 6.15. The Morgan fingerprint density at radius 3 is 2.45 bits per heavy atom. The number of halogens is 4. The zero-order valence-electron chi connectivity index (χ0n) is 30.9. The number of hydrogen-bond donors (Lipinski definition) is 1. The van der Waals surface area contributed by atoms with Crippen molar-refractivity contribution in [1.82, 2.24) is 34.0 Å². The zero-order chi connectivity index (χ0) is 39.7. The van der Waals surface area contributed by atoms with Crippen molar-refractivity contribution in [3.05, 3.63) is 110 Å². The monoisotopic (exact) mass is 789 g/mol. The maximum atomic E-state index is 14.3. The minimum absolute atomic E-state index is 0.00144. The number of carbonyl (C=O) groups is 2. The third-order valence-corrected chi connectivity index (χ3v) is 10.2. The van der Waals surface area contributed by atoms with Crippen LogP contribution in [0.5, 0.6) is 5.75 Å². The number of benzene rings is 2. The molecule has 1 saturated heterocycles. The summed E-state index contributed by atoms with van der Waals surface area (Å²) in [5.74, 6) is 0.237. The number of anilines is 2. The molecule has 2 fully saturated rings. The van der Waals surface area contributed by atoms with E-state index < -0.39 is 23.2 Å². The van der Waals surface area contributed by atoms with E-state index in [1.807, 2.05) is 55.2 Å². The summed E-state index contributed by atoms with van der Waals surface area (Å²) in [6.07, 6.45) is 0.994. The highest BCUT2D eigenvalue weighted by atomic mass is 35.5. The Labute approximate surface area is 324 Å². The summed E-state index contributed by atoms with van der Waals surface area (Å²) in [6, 6.07) is 12.2. The molecule has 0 atom stereocenters. The van der Waals surface area contributed by atoms with Crippen molar-refractivity contribution in [2.45, 2.75) is 59.4 Å². The van der Waals surface area contributed by atoms with Gasteiger partial charge in [-0.1, -0.05) is 54.4 Å². The van der Waals surface area contributed by atoms with Crippen LogP contribution in [-0.2, 0) is 30.5 Å². The maximum Gasteiger partial charge on any atom is 0.416 e.